The second-order valence-electron chi connectivity index (χ2n) is 6.29. The number of H-pyrrole nitrogens is 1. The van der Waals surface area contributed by atoms with Crippen LogP contribution in [0.2, 0.25) is 0 Å². The Kier molecular flexibility index (Phi) is 5.71. The van der Waals surface area contributed by atoms with Gasteiger partial charge < -0.3 is 10.3 Å². The van der Waals surface area contributed by atoms with Crippen LogP contribution in [0.1, 0.15) is 22.5 Å². The number of carbonyl (C=O) groups excluding carboxylic acids is 1. The molecule has 2 aromatic carbocycles. The third-order valence-corrected chi connectivity index (χ3v) is 5.83. The maximum absolute atomic E-state index is 12.2. The predicted molar refractivity (Wildman–Crippen MR) is 105 cm³/mol. The van der Waals surface area contributed by atoms with Gasteiger partial charge in [-0.2, -0.15) is 0 Å². The number of carbonyl (C=O) groups is 1. The van der Waals surface area contributed by atoms with Crippen LogP contribution in [-0.2, 0) is 15.6 Å². The molecule has 3 aromatic rings. The summed E-state index contributed by atoms with van der Waals surface area (Å²) in [5, 5.41) is 3.85. The van der Waals surface area contributed by atoms with Crippen LogP contribution in [0.3, 0.4) is 0 Å². The third-order valence-electron chi connectivity index (χ3n) is 4.15. The van der Waals surface area contributed by atoms with E-state index in [9.17, 15) is 18.0 Å². The van der Waals surface area contributed by atoms with Crippen molar-refractivity contribution in [2.45, 2.75) is 12.2 Å². The Morgan fingerprint density at radius 2 is 1.70 bits per heavy atom. The molecule has 0 aliphatic heterocycles. The molecular formula is C20H20N2O4S. The van der Waals surface area contributed by atoms with Crippen molar-refractivity contribution in [3.63, 3.8) is 0 Å². The number of pyridine rings is 1. The zero-order valence-corrected chi connectivity index (χ0v) is 15.5. The van der Waals surface area contributed by atoms with Crippen LogP contribution in [0.5, 0.6) is 0 Å². The molecule has 0 fully saturated rings. The molecule has 0 aliphatic rings. The molecule has 0 atom stereocenters. The van der Waals surface area contributed by atoms with E-state index < -0.39 is 15.7 Å². The molecule has 2 N–H and O–H groups in total. The van der Waals surface area contributed by atoms with Gasteiger partial charge in [0.05, 0.1) is 11.5 Å². The van der Waals surface area contributed by atoms with Crippen LogP contribution in [0.4, 0.5) is 0 Å². The number of sulfone groups is 1. The summed E-state index contributed by atoms with van der Waals surface area (Å²) in [4.78, 5) is 26.8. The van der Waals surface area contributed by atoms with Gasteiger partial charge in [-0.3, -0.25) is 9.59 Å². The quantitative estimate of drug-likeness (QED) is 0.611. The van der Waals surface area contributed by atoms with Crippen LogP contribution in [-0.4, -0.2) is 31.6 Å². The molecule has 0 saturated heterocycles. The van der Waals surface area contributed by atoms with E-state index in [2.05, 4.69) is 10.3 Å². The lowest BCUT2D eigenvalue weighted by Gasteiger charge is -2.07. The van der Waals surface area contributed by atoms with Crippen LogP contribution in [0, 0.1) is 0 Å². The molecule has 0 aliphatic carbocycles. The molecule has 6 nitrogen and oxygen atoms in total. The first-order valence-corrected chi connectivity index (χ1v) is 10.4. The van der Waals surface area contributed by atoms with Crippen LogP contribution < -0.4 is 10.9 Å². The van der Waals surface area contributed by atoms with Gasteiger partial charge in [0, 0.05) is 11.9 Å². The molecule has 0 bridgehead atoms. The van der Waals surface area contributed by atoms with Crippen molar-refractivity contribution in [1.82, 2.24) is 10.3 Å². The Labute approximate surface area is 157 Å². The first-order valence-electron chi connectivity index (χ1n) is 8.59. The molecule has 0 radical (unpaired) electrons. The highest BCUT2D eigenvalue weighted by Gasteiger charge is 2.13. The number of rotatable bonds is 7. The summed E-state index contributed by atoms with van der Waals surface area (Å²) < 4.78 is 24.3. The summed E-state index contributed by atoms with van der Waals surface area (Å²) in [5.74, 6) is -0.464. The summed E-state index contributed by atoms with van der Waals surface area (Å²) in [6.45, 7) is 0.210. The number of hydrogen-bond acceptors (Lipinski definition) is 4. The minimum Gasteiger partial charge on any atom is -0.351 e. The van der Waals surface area contributed by atoms with Gasteiger partial charge in [0.15, 0.2) is 9.84 Å². The average molecular weight is 384 g/mol. The van der Waals surface area contributed by atoms with E-state index in [-0.39, 0.29) is 29.3 Å². The summed E-state index contributed by atoms with van der Waals surface area (Å²) in [6.07, 6.45) is 0.304. The molecule has 140 valence electrons. The van der Waals surface area contributed by atoms with Gasteiger partial charge in [0.25, 0.3) is 11.5 Å². The Morgan fingerprint density at radius 3 is 2.48 bits per heavy atom. The lowest BCUT2D eigenvalue weighted by molar-refractivity contribution is 0.0948. The van der Waals surface area contributed by atoms with Crippen molar-refractivity contribution in [3.05, 3.63) is 82.3 Å². The lowest BCUT2D eigenvalue weighted by Crippen LogP contribution is -2.28. The summed E-state index contributed by atoms with van der Waals surface area (Å²) in [5.41, 5.74) is 0.574. The molecule has 0 unspecified atom stereocenters. The fourth-order valence-corrected chi connectivity index (χ4v) is 4.25. The second-order valence-corrected chi connectivity index (χ2v) is 8.47. The van der Waals surface area contributed by atoms with Gasteiger partial charge >= 0.3 is 0 Å². The van der Waals surface area contributed by atoms with E-state index in [0.29, 0.717) is 17.2 Å². The van der Waals surface area contributed by atoms with Gasteiger partial charge in [0.1, 0.15) is 5.69 Å². The first kappa shape index (κ1) is 18.8. The van der Waals surface area contributed by atoms with Crippen molar-refractivity contribution in [2.75, 3.05) is 12.3 Å². The van der Waals surface area contributed by atoms with Crippen molar-refractivity contribution in [3.8, 4) is 0 Å². The van der Waals surface area contributed by atoms with Gasteiger partial charge in [-0.1, -0.05) is 48.5 Å². The van der Waals surface area contributed by atoms with E-state index in [4.69, 9.17) is 0 Å². The fourth-order valence-electron chi connectivity index (χ4n) is 2.82. The van der Waals surface area contributed by atoms with E-state index in [1.165, 1.54) is 0 Å². The molecule has 1 heterocycles. The van der Waals surface area contributed by atoms with E-state index in [0.717, 1.165) is 5.56 Å². The zero-order valence-electron chi connectivity index (χ0n) is 14.6. The monoisotopic (exact) mass is 384 g/mol. The number of aromatic amines is 1. The highest BCUT2D eigenvalue weighted by Crippen LogP contribution is 2.10. The smallest absolute Gasteiger partial charge is 0.267 e. The van der Waals surface area contributed by atoms with Crippen molar-refractivity contribution in [2.24, 2.45) is 0 Å². The van der Waals surface area contributed by atoms with Crippen LogP contribution in [0.15, 0.2) is 65.5 Å². The molecule has 0 spiro atoms. The van der Waals surface area contributed by atoms with E-state index in [1.807, 2.05) is 6.07 Å². The van der Waals surface area contributed by atoms with Gasteiger partial charge in [-0.05, 0) is 29.5 Å². The highest BCUT2D eigenvalue weighted by atomic mass is 32.2. The van der Waals surface area contributed by atoms with E-state index >= 15 is 0 Å². The fraction of sp³-hybridized carbons (Fsp3) is 0.200. The largest absolute Gasteiger partial charge is 0.351 e. The Bertz CT molecular complexity index is 1110. The zero-order chi connectivity index (χ0) is 19.3. The van der Waals surface area contributed by atoms with Crippen molar-refractivity contribution in [1.29, 1.82) is 0 Å². The standard InChI is InChI=1S/C20H20N2O4S/c23-19-17-10-5-4-9-16(17)13-18(22-19)20(24)21-11-6-12-27(25,26)14-15-7-2-1-3-8-15/h1-5,7-10,13H,6,11-12,14H2,(H,21,24)(H,22,23). The predicted octanol–water partition coefficient (Wildman–Crippen LogP) is 2.26. The normalized spacial score (nSPS) is 11.4. The number of nitrogens with one attached hydrogen (secondary N) is 2. The SMILES string of the molecule is O=C(NCCCS(=O)(=O)Cc1ccccc1)c1cc2ccccc2c(=O)[nH]1. The molecule has 27 heavy (non-hydrogen) atoms. The minimum absolute atomic E-state index is 0.0141. The maximum atomic E-state index is 12.2. The summed E-state index contributed by atoms with van der Waals surface area (Å²) in [6, 6.07) is 17.6. The van der Waals surface area contributed by atoms with Gasteiger partial charge in [-0.15, -0.1) is 0 Å². The molecule has 1 aromatic heterocycles. The maximum Gasteiger partial charge on any atom is 0.267 e. The Hall–Kier alpha value is -2.93. The number of hydrogen-bond donors (Lipinski definition) is 2. The second kappa shape index (κ2) is 8.18. The lowest BCUT2D eigenvalue weighted by atomic mass is 10.1. The molecular weight excluding hydrogens is 364 g/mol. The minimum atomic E-state index is -3.24. The average Bonchev–Trinajstić information content (AvgIpc) is 2.65. The van der Waals surface area contributed by atoms with Crippen molar-refractivity contribution >= 4 is 26.5 Å². The van der Waals surface area contributed by atoms with E-state index in [1.54, 1.807) is 54.6 Å². The highest BCUT2D eigenvalue weighted by molar-refractivity contribution is 7.90. The topological polar surface area (TPSA) is 96.1 Å². The van der Waals surface area contributed by atoms with Crippen molar-refractivity contribution < 1.29 is 13.2 Å². The first-order chi connectivity index (χ1) is 12.9. The number of aromatic nitrogens is 1. The Balaban J connectivity index is 1.55. The van der Waals surface area contributed by atoms with Gasteiger partial charge in [0.2, 0.25) is 0 Å². The van der Waals surface area contributed by atoms with Crippen LogP contribution >= 0.6 is 0 Å². The molecule has 0 saturated carbocycles. The third kappa shape index (κ3) is 5.04. The number of benzene rings is 2. The van der Waals surface area contributed by atoms with Gasteiger partial charge in [-0.25, -0.2) is 8.42 Å². The summed E-state index contributed by atoms with van der Waals surface area (Å²) >= 11 is 0. The Morgan fingerprint density at radius 1 is 1.00 bits per heavy atom. The number of fused-ring (bicyclic) bond motifs is 1. The number of amides is 1. The molecule has 7 heteroatoms. The molecule has 1 amide bonds. The van der Waals surface area contributed by atoms with Crippen LogP contribution in [0.25, 0.3) is 10.8 Å². The summed E-state index contributed by atoms with van der Waals surface area (Å²) in [7, 11) is -3.24. The molecule has 3 rings (SSSR count).